The summed E-state index contributed by atoms with van der Waals surface area (Å²) in [6, 6.07) is 7.33. The molecule has 0 aliphatic carbocycles. The van der Waals surface area contributed by atoms with E-state index >= 15 is 0 Å². The molecule has 2 aromatic rings. The van der Waals surface area contributed by atoms with Crippen LogP contribution in [0.15, 0.2) is 33.7 Å². The normalized spacial score (nSPS) is 15.7. The quantitative estimate of drug-likeness (QED) is 0.496. The highest BCUT2D eigenvalue weighted by molar-refractivity contribution is 5.89. The number of nitrogens with two attached hydrogens (primary N) is 1. The lowest BCUT2D eigenvalue weighted by molar-refractivity contribution is 0.0972. The molecule has 1 aromatic heterocycles. The van der Waals surface area contributed by atoms with E-state index in [4.69, 9.17) is 19.6 Å². The van der Waals surface area contributed by atoms with Gasteiger partial charge in [-0.1, -0.05) is 0 Å². The molecular weight excluding hydrogens is 360 g/mol. The third kappa shape index (κ3) is 4.57. The fourth-order valence-electron chi connectivity index (χ4n) is 3.09. The van der Waals surface area contributed by atoms with E-state index in [-0.39, 0.29) is 11.9 Å². The zero-order valence-electron chi connectivity index (χ0n) is 16.4. The highest BCUT2D eigenvalue weighted by Crippen LogP contribution is 2.35. The van der Waals surface area contributed by atoms with E-state index < -0.39 is 5.91 Å². The molecule has 1 aromatic carbocycles. The average molecular weight is 386 g/mol. The molecule has 0 bridgehead atoms. The number of ether oxygens (including phenoxy) is 2. The highest BCUT2D eigenvalue weighted by Gasteiger charge is 2.22. The summed E-state index contributed by atoms with van der Waals surface area (Å²) in [5.41, 5.74) is 7.36. The predicted molar refractivity (Wildman–Crippen MR) is 106 cm³/mol. The molecule has 28 heavy (non-hydrogen) atoms. The lowest BCUT2D eigenvalue weighted by atomic mass is 10.1. The number of fused-ring (bicyclic) bond motifs is 1. The molecule has 0 saturated carbocycles. The first-order valence-electron chi connectivity index (χ1n) is 9.28. The van der Waals surface area contributed by atoms with Crippen molar-refractivity contribution >= 4 is 11.9 Å². The van der Waals surface area contributed by atoms with Crippen LogP contribution in [0.25, 0.3) is 0 Å². The van der Waals surface area contributed by atoms with Crippen LogP contribution in [-0.2, 0) is 19.5 Å². The molecule has 8 nitrogen and oxygen atoms in total. The molecule has 8 heteroatoms. The van der Waals surface area contributed by atoms with Crippen LogP contribution < -0.4 is 25.8 Å². The molecule has 0 saturated heterocycles. The number of rotatable bonds is 7. The van der Waals surface area contributed by atoms with Crippen LogP contribution in [0.2, 0.25) is 0 Å². The SMILES string of the molecule is CCOc1cc2c(cc1CNC(=NC)NCc1ccc(C(N)=O)o1)OC(C)C2. The van der Waals surface area contributed by atoms with Crippen molar-refractivity contribution in [1.82, 2.24) is 10.6 Å². The summed E-state index contributed by atoms with van der Waals surface area (Å²) in [6.45, 7) is 5.51. The van der Waals surface area contributed by atoms with Gasteiger partial charge in [-0.15, -0.1) is 0 Å². The number of aliphatic imine (C=N–C) groups is 1. The average Bonchev–Trinajstić information content (AvgIpc) is 3.27. The number of hydrogen-bond donors (Lipinski definition) is 3. The van der Waals surface area contributed by atoms with Crippen molar-refractivity contribution in [2.24, 2.45) is 10.7 Å². The Morgan fingerprint density at radius 2 is 2.11 bits per heavy atom. The number of hydrogen-bond acceptors (Lipinski definition) is 5. The summed E-state index contributed by atoms with van der Waals surface area (Å²) in [5, 5.41) is 6.40. The Kier molecular flexibility index (Phi) is 6.08. The zero-order chi connectivity index (χ0) is 20.1. The van der Waals surface area contributed by atoms with Crippen LogP contribution in [0.4, 0.5) is 0 Å². The van der Waals surface area contributed by atoms with Gasteiger partial charge >= 0.3 is 0 Å². The first-order valence-corrected chi connectivity index (χ1v) is 9.28. The number of amides is 1. The summed E-state index contributed by atoms with van der Waals surface area (Å²) in [6.07, 6.45) is 1.07. The number of nitrogens with zero attached hydrogens (tertiary/aromatic N) is 1. The molecule has 1 aliphatic rings. The van der Waals surface area contributed by atoms with Crippen molar-refractivity contribution in [1.29, 1.82) is 0 Å². The third-order valence-electron chi connectivity index (χ3n) is 4.38. The van der Waals surface area contributed by atoms with Crippen molar-refractivity contribution in [2.75, 3.05) is 13.7 Å². The van der Waals surface area contributed by atoms with Crippen molar-refractivity contribution < 1.29 is 18.7 Å². The minimum Gasteiger partial charge on any atom is -0.494 e. The first kappa shape index (κ1) is 19.6. The summed E-state index contributed by atoms with van der Waals surface area (Å²) in [4.78, 5) is 15.3. The van der Waals surface area contributed by atoms with Gasteiger partial charge in [0.1, 0.15) is 23.4 Å². The van der Waals surface area contributed by atoms with E-state index in [1.165, 1.54) is 5.56 Å². The number of furan rings is 1. The third-order valence-corrected chi connectivity index (χ3v) is 4.38. The Morgan fingerprint density at radius 3 is 2.79 bits per heavy atom. The maximum absolute atomic E-state index is 11.1. The first-order chi connectivity index (χ1) is 13.5. The lowest BCUT2D eigenvalue weighted by Gasteiger charge is -2.15. The number of nitrogens with one attached hydrogen (secondary N) is 2. The van der Waals surface area contributed by atoms with Gasteiger partial charge in [-0.05, 0) is 38.1 Å². The lowest BCUT2D eigenvalue weighted by Crippen LogP contribution is -2.36. The minimum atomic E-state index is -0.592. The summed E-state index contributed by atoms with van der Waals surface area (Å²) in [7, 11) is 1.68. The Hall–Kier alpha value is -3.16. The Morgan fingerprint density at radius 1 is 1.32 bits per heavy atom. The van der Waals surface area contributed by atoms with Crippen LogP contribution in [0.3, 0.4) is 0 Å². The molecule has 2 heterocycles. The van der Waals surface area contributed by atoms with E-state index in [9.17, 15) is 4.79 Å². The fourth-order valence-corrected chi connectivity index (χ4v) is 3.09. The van der Waals surface area contributed by atoms with Crippen molar-refractivity contribution in [3.63, 3.8) is 0 Å². The molecule has 0 spiro atoms. The Labute approximate surface area is 164 Å². The summed E-state index contributed by atoms with van der Waals surface area (Å²) >= 11 is 0. The second-order valence-corrected chi connectivity index (χ2v) is 6.54. The van der Waals surface area contributed by atoms with E-state index in [0.29, 0.717) is 31.4 Å². The van der Waals surface area contributed by atoms with Gasteiger partial charge in [0.25, 0.3) is 5.91 Å². The second-order valence-electron chi connectivity index (χ2n) is 6.54. The molecule has 1 amide bonds. The Balaban J connectivity index is 1.63. The maximum atomic E-state index is 11.1. The number of primary amides is 1. The van der Waals surface area contributed by atoms with Gasteiger partial charge in [0, 0.05) is 31.1 Å². The summed E-state index contributed by atoms with van der Waals surface area (Å²) in [5.74, 6) is 2.48. The molecule has 150 valence electrons. The van der Waals surface area contributed by atoms with E-state index in [0.717, 1.165) is 23.5 Å². The van der Waals surface area contributed by atoms with Crippen LogP contribution in [0.5, 0.6) is 11.5 Å². The Bertz CT molecular complexity index is 875. The number of carbonyl (C=O) groups excluding carboxylic acids is 1. The van der Waals surface area contributed by atoms with Gasteiger partial charge < -0.3 is 30.3 Å². The second kappa shape index (κ2) is 8.69. The van der Waals surface area contributed by atoms with Crippen LogP contribution >= 0.6 is 0 Å². The van der Waals surface area contributed by atoms with Crippen molar-refractivity contribution in [2.45, 2.75) is 39.5 Å². The maximum Gasteiger partial charge on any atom is 0.284 e. The molecule has 1 unspecified atom stereocenters. The molecular formula is C20H26N4O4. The van der Waals surface area contributed by atoms with E-state index in [1.54, 1.807) is 19.2 Å². The standard InChI is InChI=1S/C20H26N4O4/c1-4-26-17-8-13-7-12(2)27-18(13)9-14(17)10-23-20(22-3)24-11-15-5-6-16(28-15)19(21)25/h5-6,8-9,12H,4,7,10-11H2,1-3H3,(H2,21,25)(H2,22,23,24). The van der Waals surface area contributed by atoms with Gasteiger partial charge in [-0.3, -0.25) is 9.79 Å². The highest BCUT2D eigenvalue weighted by atomic mass is 16.5. The van der Waals surface area contributed by atoms with E-state index in [1.807, 2.05) is 13.0 Å². The van der Waals surface area contributed by atoms with Gasteiger partial charge in [0.05, 0.1) is 13.2 Å². The topological polar surface area (TPSA) is 111 Å². The van der Waals surface area contributed by atoms with Gasteiger partial charge in [0.15, 0.2) is 11.7 Å². The number of carbonyl (C=O) groups is 1. The zero-order valence-corrected chi connectivity index (χ0v) is 16.4. The monoisotopic (exact) mass is 386 g/mol. The van der Waals surface area contributed by atoms with Crippen LogP contribution in [0.1, 0.15) is 41.3 Å². The van der Waals surface area contributed by atoms with Gasteiger partial charge in [0.2, 0.25) is 0 Å². The molecule has 3 rings (SSSR count). The van der Waals surface area contributed by atoms with E-state index in [2.05, 4.69) is 28.6 Å². The van der Waals surface area contributed by atoms with Crippen molar-refractivity contribution in [3.8, 4) is 11.5 Å². The molecule has 4 N–H and O–H groups in total. The van der Waals surface area contributed by atoms with Crippen LogP contribution in [0, 0.1) is 0 Å². The van der Waals surface area contributed by atoms with Gasteiger partial charge in [-0.25, -0.2) is 0 Å². The predicted octanol–water partition coefficient (Wildman–Crippen LogP) is 1.97. The van der Waals surface area contributed by atoms with Crippen molar-refractivity contribution in [3.05, 3.63) is 46.9 Å². The molecule has 0 fully saturated rings. The molecule has 0 radical (unpaired) electrons. The molecule has 1 aliphatic heterocycles. The minimum absolute atomic E-state index is 0.133. The van der Waals surface area contributed by atoms with Gasteiger partial charge in [-0.2, -0.15) is 0 Å². The smallest absolute Gasteiger partial charge is 0.284 e. The summed E-state index contributed by atoms with van der Waals surface area (Å²) < 4.78 is 17.0. The largest absolute Gasteiger partial charge is 0.494 e. The molecule has 1 atom stereocenters. The van der Waals surface area contributed by atoms with Crippen LogP contribution in [-0.4, -0.2) is 31.6 Å². The number of guanidine groups is 1. The number of benzene rings is 1. The fraction of sp³-hybridized carbons (Fsp3) is 0.400.